The first-order chi connectivity index (χ1) is 28.2. The van der Waals surface area contributed by atoms with Crippen LogP contribution in [0.4, 0.5) is 10.5 Å². The van der Waals surface area contributed by atoms with Gasteiger partial charge in [-0.2, -0.15) is 0 Å². The van der Waals surface area contributed by atoms with Gasteiger partial charge < -0.3 is 74.5 Å². The highest BCUT2D eigenvalue weighted by molar-refractivity contribution is 5.93. The molecule has 4 aromatic rings. The summed E-state index contributed by atoms with van der Waals surface area (Å²) in [5.74, 6) is -2.22. The number of carboxylic acid groups (broad SMARTS) is 1. The number of cyclic esters (lactones) is 1. The number of nitrogens with one attached hydrogen (secondary N) is 3. The third kappa shape index (κ3) is 8.32. The average Bonchev–Trinajstić information content (AvgIpc) is 3.81. The second kappa shape index (κ2) is 16.9. The summed E-state index contributed by atoms with van der Waals surface area (Å²) in [5, 5.41) is 58.3. The Morgan fingerprint density at radius 2 is 1.80 bits per heavy atom. The summed E-state index contributed by atoms with van der Waals surface area (Å²) < 4.78 is 33.8. The van der Waals surface area contributed by atoms with Crippen LogP contribution in [0.5, 0.6) is 17.2 Å². The molecule has 0 radical (unpaired) electrons. The number of carboxylic acids is 1. The molecular weight excluding hydrogens is 782 g/mol. The van der Waals surface area contributed by atoms with Crippen LogP contribution in [-0.4, -0.2) is 104 Å². The Morgan fingerprint density at radius 1 is 1.03 bits per heavy atom. The molecule has 21 nitrogen and oxygen atoms in total. The van der Waals surface area contributed by atoms with Gasteiger partial charge in [-0.25, -0.2) is 19.4 Å². The molecule has 0 saturated heterocycles. The predicted octanol–water partition coefficient (Wildman–Crippen LogP) is 0.0847. The lowest BCUT2D eigenvalue weighted by Crippen LogP contribution is -2.44. The van der Waals surface area contributed by atoms with Crippen molar-refractivity contribution in [3.63, 3.8) is 0 Å². The molecule has 0 fully saturated rings. The molecule has 2 aromatic heterocycles. The number of anilines is 1. The van der Waals surface area contributed by atoms with Crippen LogP contribution in [0.15, 0.2) is 41.2 Å². The van der Waals surface area contributed by atoms with Gasteiger partial charge in [0, 0.05) is 42.1 Å². The summed E-state index contributed by atoms with van der Waals surface area (Å²) in [7, 11) is 1.65. The topological polar surface area (TPSA) is 296 Å². The van der Waals surface area contributed by atoms with Gasteiger partial charge in [0.1, 0.15) is 19.0 Å². The lowest BCUT2D eigenvalue weighted by Gasteiger charge is -2.26. The van der Waals surface area contributed by atoms with Crippen LogP contribution in [0.25, 0.3) is 22.3 Å². The number of nitrogens with zero attached hydrogens (tertiary/aromatic N) is 2. The van der Waals surface area contributed by atoms with Crippen LogP contribution in [0.3, 0.4) is 0 Å². The molecule has 7 rings (SSSR count). The summed E-state index contributed by atoms with van der Waals surface area (Å²) in [6.07, 6.45) is -10.3. The summed E-state index contributed by atoms with van der Waals surface area (Å²) in [6, 6.07) is 9.05. The minimum Gasteiger partial charge on any atom is -0.479 e. The van der Waals surface area contributed by atoms with Crippen molar-refractivity contribution in [2.45, 2.75) is 70.5 Å². The Labute approximate surface area is 333 Å². The highest BCUT2D eigenvalue weighted by Gasteiger charge is 2.36. The average molecular weight is 822 g/mol. The van der Waals surface area contributed by atoms with E-state index in [1.807, 2.05) is 0 Å². The number of ether oxygens (including phenoxy) is 6. The lowest BCUT2D eigenvalue weighted by atomic mass is 9.98. The molecule has 3 aliphatic rings. The summed E-state index contributed by atoms with van der Waals surface area (Å²) in [4.78, 5) is 68.1. The molecule has 5 heterocycles. The smallest absolute Gasteiger partial charge is 0.407 e. The molecule has 2 unspecified atom stereocenters. The molecular formula is C38H39N5O16. The molecule has 8 N–H and O–H groups in total. The van der Waals surface area contributed by atoms with E-state index in [0.717, 1.165) is 6.92 Å². The standard InChI is InChI=1S/C38H39N5O16/c1-16(44)32(34(48)49)59-37(35(50)51)58-26-4-3-17(7-24(26)41-29(45)5-6-39-2)13-55-38(53)40-11-20-18-9-27-28(57-15-56-27)10-23(18)42-30-21(20)12-43-25(30)8-19-22(33(43)47)14-54-36(52)31(19)46/h3-4,7-10,16,31-32,35,37,39,44,46,50-51H,5-6,11-15H2,1-2H3,(H,40,53)(H,41,45)(H,48,49)/t16-,31-,32?,37?/m0/s1. The second-order valence-corrected chi connectivity index (χ2v) is 13.7. The fraction of sp³-hybridized carbons (Fsp3) is 0.368. The maximum absolute atomic E-state index is 13.6. The number of benzene rings is 2. The molecule has 312 valence electrons. The lowest BCUT2D eigenvalue weighted by molar-refractivity contribution is -0.247. The maximum Gasteiger partial charge on any atom is 0.407 e. The number of hydrogen-bond donors (Lipinski definition) is 8. The van der Waals surface area contributed by atoms with E-state index >= 15 is 0 Å². The number of esters is 1. The number of hydrogen-bond acceptors (Lipinski definition) is 17. The number of fused-ring (bicyclic) bond motifs is 6. The Bertz CT molecular complexity index is 2400. The van der Waals surface area contributed by atoms with Crippen LogP contribution in [0.1, 0.15) is 47.3 Å². The molecule has 59 heavy (non-hydrogen) atoms. The third-order valence-corrected chi connectivity index (χ3v) is 9.72. The third-order valence-electron chi connectivity index (χ3n) is 9.72. The van der Waals surface area contributed by atoms with Gasteiger partial charge in [-0.15, -0.1) is 0 Å². The van der Waals surface area contributed by atoms with Crippen LogP contribution < -0.4 is 35.7 Å². The maximum atomic E-state index is 13.6. The van der Waals surface area contributed by atoms with E-state index in [1.165, 1.54) is 22.8 Å². The zero-order chi connectivity index (χ0) is 42.1. The first kappa shape index (κ1) is 40.8. The molecule has 3 aliphatic heterocycles. The number of aliphatic hydroxyl groups is 4. The van der Waals surface area contributed by atoms with E-state index < -0.39 is 60.4 Å². The monoisotopic (exact) mass is 821 g/mol. The van der Waals surface area contributed by atoms with Crippen molar-refractivity contribution in [3.05, 3.63) is 74.6 Å². The van der Waals surface area contributed by atoms with Gasteiger partial charge in [-0.1, -0.05) is 6.07 Å². The van der Waals surface area contributed by atoms with Crippen LogP contribution in [-0.2, 0) is 54.9 Å². The van der Waals surface area contributed by atoms with Crippen molar-refractivity contribution in [3.8, 4) is 28.6 Å². The number of aromatic nitrogens is 2. The van der Waals surface area contributed by atoms with Gasteiger partial charge >= 0.3 is 18.0 Å². The SMILES string of the molecule is CNCCC(=O)Nc1cc(COC(=O)NCc2c3c(nc4cc5c(cc24)OCO5)-c2cc4c(c(=O)n2C3)COC(=O)[C@H]4O)ccc1OC(OC(C(=O)O)[C@H](C)O)C(O)O. The van der Waals surface area contributed by atoms with Crippen molar-refractivity contribution in [1.82, 2.24) is 20.2 Å². The molecule has 0 bridgehead atoms. The van der Waals surface area contributed by atoms with Gasteiger partial charge in [0.05, 0.1) is 40.8 Å². The van der Waals surface area contributed by atoms with Gasteiger partial charge in [-0.05, 0) is 49.4 Å². The number of carbonyl (C=O) groups excluding carboxylic acids is 3. The van der Waals surface area contributed by atoms with E-state index in [-0.39, 0.29) is 62.1 Å². The van der Waals surface area contributed by atoms with Crippen molar-refractivity contribution in [2.24, 2.45) is 0 Å². The van der Waals surface area contributed by atoms with Crippen LogP contribution >= 0.6 is 0 Å². The number of aliphatic hydroxyl groups excluding tert-OH is 3. The first-order valence-electron chi connectivity index (χ1n) is 18.2. The zero-order valence-corrected chi connectivity index (χ0v) is 31.4. The van der Waals surface area contributed by atoms with Crippen molar-refractivity contribution in [2.75, 3.05) is 25.7 Å². The molecule has 21 heteroatoms. The number of rotatable bonds is 15. The highest BCUT2D eigenvalue weighted by Crippen LogP contribution is 2.42. The number of alkyl carbamates (subject to hydrolysis) is 1. The Hall–Kier alpha value is -6.36. The van der Waals surface area contributed by atoms with Gasteiger partial charge in [0.25, 0.3) is 11.8 Å². The van der Waals surface area contributed by atoms with E-state index in [9.17, 15) is 49.5 Å². The molecule has 0 aliphatic carbocycles. The molecule has 0 saturated carbocycles. The van der Waals surface area contributed by atoms with Gasteiger partial charge in [-0.3, -0.25) is 9.59 Å². The molecule has 2 amide bonds. The number of carbonyl (C=O) groups is 4. The Kier molecular flexibility index (Phi) is 11.7. The molecule has 2 aromatic carbocycles. The first-order valence-corrected chi connectivity index (χ1v) is 18.2. The minimum absolute atomic E-state index is 0.00992. The van der Waals surface area contributed by atoms with Gasteiger partial charge in [0.2, 0.25) is 19.0 Å². The van der Waals surface area contributed by atoms with Crippen molar-refractivity contribution >= 4 is 40.5 Å². The Balaban J connectivity index is 1.12. The normalized spacial score (nSPS) is 16.4. The largest absolute Gasteiger partial charge is 0.479 e. The highest BCUT2D eigenvalue weighted by atomic mass is 16.7. The minimum atomic E-state index is -2.37. The number of pyridine rings is 2. The second-order valence-electron chi connectivity index (χ2n) is 13.7. The van der Waals surface area contributed by atoms with Crippen molar-refractivity contribution < 1.29 is 73.1 Å². The number of aliphatic carboxylic acids is 1. The predicted molar refractivity (Wildman–Crippen MR) is 199 cm³/mol. The number of amides is 2. The van der Waals surface area contributed by atoms with E-state index in [2.05, 4.69) is 16.0 Å². The Morgan fingerprint density at radius 3 is 2.51 bits per heavy atom. The van der Waals surface area contributed by atoms with Gasteiger partial charge in [0.15, 0.2) is 23.7 Å². The van der Waals surface area contributed by atoms with Crippen LogP contribution in [0.2, 0.25) is 0 Å². The van der Waals surface area contributed by atoms with E-state index in [1.54, 1.807) is 25.2 Å². The molecule has 4 atom stereocenters. The molecule has 0 spiro atoms. The van der Waals surface area contributed by atoms with E-state index in [4.69, 9.17) is 33.4 Å². The fourth-order valence-electron chi connectivity index (χ4n) is 6.79. The quantitative estimate of drug-likeness (QED) is 0.0512. The van der Waals surface area contributed by atoms with E-state index in [0.29, 0.717) is 57.0 Å². The summed E-state index contributed by atoms with van der Waals surface area (Å²) in [5.41, 5.74) is 2.51. The summed E-state index contributed by atoms with van der Waals surface area (Å²) in [6.45, 7) is 0.738. The van der Waals surface area contributed by atoms with Crippen LogP contribution in [0, 0.1) is 0 Å². The van der Waals surface area contributed by atoms with Crippen molar-refractivity contribution in [1.29, 1.82) is 0 Å². The zero-order valence-electron chi connectivity index (χ0n) is 31.4. The fourth-order valence-corrected chi connectivity index (χ4v) is 6.79. The summed E-state index contributed by atoms with van der Waals surface area (Å²) >= 11 is 0.